The molecule has 0 radical (unpaired) electrons. The lowest BCUT2D eigenvalue weighted by Crippen LogP contribution is -2.16. The Morgan fingerprint density at radius 2 is 1.96 bits per heavy atom. The number of halogens is 1. The first-order valence-corrected chi connectivity index (χ1v) is 7.15. The van der Waals surface area contributed by atoms with Gasteiger partial charge in [-0.2, -0.15) is 10.5 Å². The first-order valence-electron chi connectivity index (χ1n) is 7.15. The number of ether oxygens (including phenoxy) is 1. The Hall–Kier alpha value is -3.16. The number of anilines is 1. The van der Waals surface area contributed by atoms with Gasteiger partial charge in [0, 0.05) is 11.1 Å². The Bertz CT molecular complexity index is 920. The van der Waals surface area contributed by atoms with Crippen LogP contribution < -0.4 is 11.3 Å². The second kappa shape index (κ2) is 6.95. The first-order chi connectivity index (χ1) is 11.4. The van der Waals surface area contributed by atoms with Crippen molar-refractivity contribution in [2.24, 2.45) is 0 Å². The molecule has 6 nitrogen and oxygen atoms in total. The molecule has 0 aliphatic heterocycles. The first kappa shape index (κ1) is 17.2. The second-order valence-electron chi connectivity index (χ2n) is 5.38. The van der Waals surface area contributed by atoms with Crippen molar-refractivity contribution in [1.29, 1.82) is 10.5 Å². The molecular formula is C17H15FN4O2. The summed E-state index contributed by atoms with van der Waals surface area (Å²) in [5, 5.41) is 18.5. The molecule has 0 atom stereocenters. The third-order valence-electron chi connectivity index (χ3n) is 3.38. The molecule has 0 aliphatic rings. The van der Waals surface area contributed by atoms with Gasteiger partial charge in [-0.25, -0.2) is 4.39 Å². The molecule has 0 amide bonds. The average molecular weight is 326 g/mol. The Balaban J connectivity index is 2.62. The maximum atomic E-state index is 14.3. The van der Waals surface area contributed by atoms with Gasteiger partial charge in [0.05, 0.1) is 12.7 Å². The molecule has 1 aromatic carbocycles. The van der Waals surface area contributed by atoms with Gasteiger partial charge in [-0.15, -0.1) is 0 Å². The zero-order chi connectivity index (χ0) is 17.9. The van der Waals surface area contributed by atoms with Gasteiger partial charge in [0.2, 0.25) is 0 Å². The van der Waals surface area contributed by atoms with Crippen molar-refractivity contribution in [2.75, 3.05) is 5.73 Å². The molecule has 122 valence electrons. The van der Waals surface area contributed by atoms with Crippen molar-refractivity contribution in [1.82, 2.24) is 4.98 Å². The number of nitrogen functional groups attached to an aromatic ring is 1. The molecule has 7 heteroatoms. The highest BCUT2D eigenvalue weighted by Gasteiger charge is 2.19. The summed E-state index contributed by atoms with van der Waals surface area (Å²) in [6.45, 7) is 3.77. The summed E-state index contributed by atoms with van der Waals surface area (Å²) in [5.74, 6) is -0.719. The van der Waals surface area contributed by atoms with E-state index in [-0.39, 0.29) is 40.8 Å². The van der Waals surface area contributed by atoms with Crippen LogP contribution in [0, 0.1) is 28.5 Å². The number of H-pyrrole nitrogens is 1. The minimum absolute atomic E-state index is 0.0245. The zero-order valence-corrected chi connectivity index (χ0v) is 13.2. The number of nitriles is 2. The summed E-state index contributed by atoms with van der Waals surface area (Å²) in [7, 11) is 0. The van der Waals surface area contributed by atoms with Gasteiger partial charge in [-0.1, -0.05) is 12.1 Å². The summed E-state index contributed by atoms with van der Waals surface area (Å²) in [6, 6.07) is 7.77. The van der Waals surface area contributed by atoms with Crippen LogP contribution in [0.3, 0.4) is 0 Å². The number of hydrogen-bond acceptors (Lipinski definition) is 5. The predicted molar refractivity (Wildman–Crippen MR) is 86.2 cm³/mol. The van der Waals surface area contributed by atoms with Crippen molar-refractivity contribution < 1.29 is 9.13 Å². The van der Waals surface area contributed by atoms with Gasteiger partial charge in [0.15, 0.2) is 0 Å². The molecule has 3 N–H and O–H groups in total. The summed E-state index contributed by atoms with van der Waals surface area (Å²) in [5.41, 5.74) is 5.15. The van der Waals surface area contributed by atoms with Gasteiger partial charge in [-0.3, -0.25) is 4.79 Å². The summed E-state index contributed by atoms with van der Waals surface area (Å²) in [6.07, 6.45) is -0.0491. The SMILES string of the molecule is CC(C)OCc1ccc(-c2c(C#N)c(N)[nH]c(=O)c2C#N)cc1F. The Kier molecular flexibility index (Phi) is 4.98. The van der Waals surface area contributed by atoms with Crippen LogP contribution in [0.25, 0.3) is 11.1 Å². The largest absolute Gasteiger partial charge is 0.384 e. The number of nitrogens with one attached hydrogen (secondary N) is 1. The molecule has 24 heavy (non-hydrogen) atoms. The number of nitrogens with two attached hydrogens (primary N) is 1. The van der Waals surface area contributed by atoms with Crippen molar-refractivity contribution in [3.8, 4) is 23.3 Å². The van der Waals surface area contributed by atoms with E-state index in [9.17, 15) is 19.7 Å². The summed E-state index contributed by atoms with van der Waals surface area (Å²) in [4.78, 5) is 14.1. The van der Waals surface area contributed by atoms with Gasteiger partial charge >= 0.3 is 0 Å². The van der Waals surface area contributed by atoms with Crippen LogP contribution in [0.2, 0.25) is 0 Å². The third kappa shape index (κ3) is 3.27. The van der Waals surface area contributed by atoms with E-state index in [1.807, 2.05) is 19.9 Å². The molecule has 2 rings (SSSR count). The van der Waals surface area contributed by atoms with Gasteiger partial charge in [0.1, 0.15) is 34.9 Å². The standard InChI is InChI=1S/C17H15FN4O2/c1-9(2)24-8-11-4-3-10(5-14(11)18)15-12(6-19)16(21)22-17(23)13(15)7-20/h3-5,9H,8H2,1-2H3,(H3,21,22,23). The van der Waals surface area contributed by atoms with Crippen molar-refractivity contribution >= 4 is 5.82 Å². The number of rotatable bonds is 4. The molecule has 0 aliphatic carbocycles. The number of aromatic nitrogens is 1. The minimum Gasteiger partial charge on any atom is -0.384 e. The number of hydrogen-bond donors (Lipinski definition) is 2. The highest BCUT2D eigenvalue weighted by Crippen LogP contribution is 2.29. The molecule has 0 fully saturated rings. The fraction of sp³-hybridized carbons (Fsp3) is 0.235. The van der Waals surface area contributed by atoms with Crippen molar-refractivity contribution in [3.63, 3.8) is 0 Å². The molecule has 0 spiro atoms. The maximum Gasteiger partial charge on any atom is 0.268 e. The van der Waals surface area contributed by atoms with E-state index in [0.717, 1.165) is 6.07 Å². The van der Waals surface area contributed by atoms with Crippen LogP contribution in [0.5, 0.6) is 0 Å². The van der Waals surface area contributed by atoms with Crippen molar-refractivity contribution in [3.05, 3.63) is 51.1 Å². The second-order valence-corrected chi connectivity index (χ2v) is 5.38. The summed E-state index contributed by atoms with van der Waals surface area (Å²) < 4.78 is 19.7. The molecule has 2 aromatic rings. The van der Waals surface area contributed by atoms with Crippen molar-refractivity contribution in [2.45, 2.75) is 26.6 Å². The average Bonchev–Trinajstić information content (AvgIpc) is 2.53. The van der Waals surface area contributed by atoms with E-state index in [0.29, 0.717) is 5.56 Å². The molecule has 0 bridgehead atoms. The van der Waals surface area contributed by atoms with Gasteiger partial charge in [-0.05, 0) is 25.5 Å². The van der Waals surface area contributed by atoms with E-state index >= 15 is 0 Å². The lowest BCUT2D eigenvalue weighted by Gasteiger charge is -2.12. The fourth-order valence-electron chi connectivity index (χ4n) is 2.21. The molecular weight excluding hydrogens is 311 g/mol. The van der Waals surface area contributed by atoms with Gasteiger partial charge in [0.25, 0.3) is 5.56 Å². The number of pyridine rings is 1. The number of aromatic amines is 1. The number of benzene rings is 1. The van der Waals surface area contributed by atoms with E-state index in [1.165, 1.54) is 12.1 Å². The molecule has 0 saturated heterocycles. The Morgan fingerprint density at radius 1 is 1.29 bits per heavy atom. The van der Waals surface area contributed by atoms with E-state index in [1.54, 1.807) is 6.07 Å². The quantitative estimate of drug-likeness (QED) is 0.895. The van der Waals surface area contributed by atoms with Crippen LogP contribution in [-0.4, -0.2) is 11.1 Å². The Morgan fingerprint density at radius 3 is 2.50 bits per heavy atom. The minimum atomic E-state index is -0.725. The van der Waals surface area contributed by atoms with Crippen LogP contribution >= 0.6 is 0 Å². The highest BCUT2D eigenvalue weighted by molar-refractivity contribution is 5.80. The van der Waals surface area contributed by atoms with E-state index < -0.39 is 11.4 Å². The zero-order valence-electron chi connectivity index (χ0n) is 13.2. The van der Waals surface area contributed by atoms with Crippen LogP contribution in [-0.2, 0) is 11.3 Å². The third-order valence-corrected chi connectivity index (χ3v) is 3.38. The molecule has 1 aromatic heterocycles. The highest BCUT2D eigenvalue weighted by atomic mass is 19.1. The molecule has 0 unspecified atom stereocenters. The van der Waals surface area contributed by atoms with Gasteiger partial charge < -0.3 is 15.5 Å². The smallest absolute Gasteiger partial charge is 0.268 e. The topological polar surface area (TPSA) is 116 Å². The van der Waals surface area contributed by atoms with Crippen LogP contribution in [0.1, 0.15) is 30.5 Å². The van der Waals surface area contributed by atoms with E-state index in [4.69, 9.17) is 10.5 Å². The van der Waals surface area contributed by atoms with Crippen LogP contribution in [0.15, 0.2) is 23.0 Å². The lowest BCUT2D eigenvalue weighted by molar-refractivity contribution is 0.0639. The predicted octanol–water partition coefficient (Wildman–Crippen LogP) is 2.43. The maximum absolute atomic E-state index is 14.3. The number of nitrogens with zero attached hydrogens (tertiary/aromatic N) is 2. The monoisotopic (exact) mass is 326 g/mol. The lowest BCUT2D eigenvalue weighted by atomic mass is 9.95. The molecule has 1 heterocycles. The van der Waals surface area contributed by atoms with E-state index in [2.05, 4.69) is 4.98 Å². The fourth-order valence-corrected chi connectivity index (χ4v) is 2.21. The molecule has 0 saturated carbocycles. The summed E-state index contributed by atoms with van der Waals surface area (Å²) >= 11 is 0. The van der Waals surface area contributed by atoms with Crippen LogP contribution in [0.4, 0.5) is 10.2 Å². The normalized spacial score (nSPS) is 10.4. The Labute approximate surface area is 137 Å².